The van der Waals surface area contributed by atoms with Crippen molar-refractivity contribution in [3.8, 4) is 0 Å². The molecule has 7 nitrogen and oxygen atoms in total. The largest absolute Gasteiger partial charge is 0.438 e. The Morgan fingerprint density at radius 2 is 1.88 bits per heavy atom. The maximum Gasteiger partial charge on any atom is 0.289 e. The van der Waals surface area contributed by atoms with Gasteiger partial charge < -0.3 is 15.1 Å². The van der Waals surface area contributed by atoms with Gasteiger partial charge in [-0.25, -0.2) is 12.7 Å². The molecule has 1 aromatic carbocycles. The molecule has 2 atom stereocenters. The highest BCUT2D eigenvalue weighted by Gasteiger charge is 2.37. The van der Waals surface area contributed by atoms with Crippen molar-refractivity contribution in [1.29, 1.82) is 0 Å². The monoisotopic (exact) mass is 377 g/mol. The van der Waals surface area contributed by atoms with Crippen LogP contribution in [0.2, 0.25) is 0 Å². The van der Waals surface area contributed by atoms with Crippen LogP contribution in [0.25, 0.3) is 0 Å². The van der Waals surface area contributed by atoms with E-state index >= 15 is 0 Å². The van der Waals surface area contributed by atoms with Crippen LogP contribution in [0.3, 0.4) is 0 Å². The van der Waals surface area contributed by atoms with Crippen LogP contribution >= 0.6 is 0 Å². The number of amides is 1. The summed E-state index contributed by atoms with van der Waals surface area (Å²) in [6, 6.07) is 12.7. The third-order valence-electron chi connectivity index (χ3n) is 4.79. The first-order chi connectivity index (χ1) is 12.3. The lowest BCUT2D eigenvalue weighted by atomic mass is 9.89. The van der Waals surface area contributed by atoms with E-state index in [2.05, 4.69) is 0 Å². The van der Waals surface area contributed by atoms with E-state index < -0.39 is 10.0 Å². The number of nitrogens with zero attached hydrogens (tertiary/aromatic N) is 2. The Bertz CT molecular complexity index is 877. The average Bonchev–Trinajstić information content (AvgIpc) is 3.29. The molecule has 0 spiro atoms. The molecule has 140 valence electrons. The number of sulfonamides is 1. The van der Waals surface area contributed by atoms with Crippen molar-refractivity contribution in [2.75, 3.05) is 33.7 Å². The topological polar surface area (TPSA) is 96.9 Å². The Morgan fingerprint density at radius 1 is 1.19 bits per heavy atom. The molecule has 1 aromatic heterocycles. The van der Waals surface area contributed by atoms with E-state index in [1.54, 1.807) is 4.90 Å². The zero-order valence-corrected chi connectivity index (χ0v) is 15.6. The molecular formula is C18H23N3O4S. The number of hydrogen-bond acceptors (Lipinski definition) is 5. The maximum atomic E-state index is 12.8. The van der Waals surface area contributed by atoms with Crippen LogP contribution in [0.15, 0.2) is 52.0 Å². The predicted molar refractivity (Wildman–Crippen MR) is 97.2 cm³/mol. The van der Waals surface area contributed by atoms with Gasteiger partial charge in [0.1, 0.15) is 0 Å². The molecule has 1 amide bonds. The molecule has 3 rings (SSSR count). The first-order valence-electron chi connectivity index (χ1n) is 8.41. The van der Waals surface area contributed by atoms with Crippen LogP contribution in [0.1, 0.15) is 22.0 Å². The molecule has 2 N–H and O–H groups in total. The van der Waals surface area contributed by atoms with E-state index in [9.17, 15) is 13.2 Å². The lowest BCUT2D eigenvalue weighted by molar-refractivity contribution is 0.0749. The lowest BCUT2D eigenvalue weighted by Crippen LogP contribution is -2.29. The Labute approximate surface area is 153 Å². The summed E-state index contributed by atoms with van der Waals surface area (Å²) in [6.45, 7) is 1.52. The van der Waals surface area contributed by atoms with Gasteiger partial charge in [-0.1, -0.05) is 30.3 Å². The Kier molecular flexibility index (Phi) is 5.17. The van der Waals surface area contributed by atoms with Crippen LogP contribution in [-0.2, 0) is 10.0 Å². The van der Waals surface area contributed by atoms with Gasteiger partial charge in [-0.2, -0.15) is 0 Å². The van der Waals surface area contributed by atoms with E-state index in [4.69, 9.17) is 10.2 Å². The van der Waals surface area contributed by atoms with Crippen molar-refractivity contribution in [3.05, 3.63) is 53.8 Å². The standard InChI is InChI=1S/C18H23N3O4S/c1-20(2)26(23,24)17-9-8-16(25-17)18(22)21-11-14(10-19)15(12-21)13-6-4-3-5-7-13/h3-9,14-15H,10-12,19H2,1-2H3/t14-,15+/m1/s1. The highest BCUT2D eigenvalue weighted by molar-refractivity contribution is 7.88. The zero-order chi connectivity index (χ0) is 18.9. The summed E-state index contributed by atoms with van der Waals surface area (Å²) in [5.41, 5.74) is 7.06. The highest BCUT2D eigenvalue weighted by Crippen LogP contribution is 2.33. The van der Waals surface area contributed by atoms with Crippen LogP contribution in [0.5, 0.6) is 0 Å². The summed E-state index contributed by atoms with van der Waals surface area (Å²) in [5.74, 6) is 0.0170. The predicted octanol–water partition coefficient (Wildman–Crippen LogP) is 1.34. The molecule has 1 aliphatic rings. The molecule has 26 heavy (non-hydrogen) atoms. The van der Waals surface area contributed by atoms with Gasteiger partial charge in [0.25, 0.3) is 15.9 Å². The summed E-state index contributed by atoms with van der Waals surface area (Å²) < 4.78 is 30.6. The van der Waals surface area contributed by atoms with E-state index in [0.29, 0.717) is 19.6 Å². The first kappa shape index (κ1) is 18.6. The van der Waals surface area contributed by atoms with Gasteiger partial charge in [0.05, 0.1) is 0 Å². The second-order valence-corrected chi connectivity index (χ2v) is 8.71. The highest BCUT2D eigenvalue weighted by atomic mass is 32.2. The van der Waals surface area contributed by atoms with Crippen LogP contribution in [-0.4, -0.2) is 57.3 Å². The summed E-state index contributed by atoms with van der Waals surface area (Å²) in [5, 5.41) is -0.236. The number of nitrogens with two attached hydrogens (primary N) is 1. The number of benzene rings is 1. The summed E-state index contributed by atoms with van der Waals surface area (Å²) in [6.07, 6.45) is 0. The quantitative estimate of drug-likeness (QED) is 0.848. The molecule has 0 aliphatic carbocycles. The molecule has 1 fully saturated rings. The molecule has 2 heterocycles. The molecule has 1 aliphatic heterocycles. The van der Waals surface area contributed by atoms with Crippen molar-refractivity contribution >= 4 is 15.9 Å². The van der Waals surface area contributed by atoms with Gasteiger partial charge in [-0.3, -0.25) is 4.79 Å². The van der Waals surface area contributed by atoms with Crippen LogP contribution in [0.4, 0.5) is 0 Å². The number of furan rings is 1. The van der Waals surface area contributed by atoms with Crippen molar-refractivity contribution in [2.24, 2.45) is 11.7 Å². The number of likely N-dealkylation sites (tertiary alicyclic amines) is 1. The summed E-state index contributed by atoms with van der Waals surface area (Å²) in [4.78, 5) is 14.5. The number of carbonyl (C=O) groups excluding carboxylic acids is 1. The minimum Gasteiger partial charge on any atom is -0.438 e. The second-order valence-electron chi connectivity index (χ2n) is 6.63. The maximum absolute atomic E-state index is 12.8. The third kappa shape index (κ3) is 3.40. The van der Waals surface area contributed by atoms with E-state index in [1.165, 1.54) is 26.2 Å². The van der Waals surface area contributed by atoms with E-state index in [-0.39, 0.29) is 28.6 Å². The van der Waals surface area contributed by atoms with Crippen molar-refractivity contribution < 1.29 is 17.6 Å². The molecule has 0 saturated carbocycles. The molecule has 0 unspecified atom stereocenters. The van der Waals surface area contributed by atoms with Gasteiger partial charge in [0, 0.05) is 33.1 Å². The SMILES string of the molecule is CN(C)S(=O)(=O)c1ccc(C(=O)N2C[C@@H](CN)[C@H](c3ccccc3)C2)o1. The zero-order valence-electron chi connectivity index (χ0n) is 14.8. The van der Waals surface area contributed by atoms with Crippen LogP contribution < -0.4 is 5.73 Å². The Morgan fingerprint density at radius 3 is 2.50 bits per heavy atom. The molecule has 2 aromatic rings. The summed E-state index contributed by atoms with van der Waals surface area (Å²) in [7, 11) is -0.881. The molecule has 1 saturated heterocycles. The lowest BCUT2D eigenvalue weighted by Gasteiger charge is -2.16. The van der Waals surface area contributed by atoms with Crippen molar-refractivity contribution in [2.45, 2.75) is 11.0 Å². The number of hydrogen-bond donors (Lipinski definition) is 1. The Balaban J connectivity index is 1.80. The van der Waals surface area contributed by atoms with Crippen molar-refractivity contribution in [1.82, 2.24) is 9.21 Å². The minimum atomic E-state index is -3.71. The van der Waals surface area contributed by atoms with Gasteiger partial charge in [-0.15, -0.1) is 0 Å². The Hall–Kier alpha value is -2.16. The van der Waals surface area contributed by atoms with E-state index in [0.717, 1.165) is 9.87 Å². The first-order valence-corrected chi connectivity index (χ1v) is 9.85. The smallest absolute Gasteiger partial charge is 0.289 e. The van der Waals surface area contributed by atoms with Gasteiger partial charge in [0.15, 0.2) is 5.76 Å². The van der Waals surface area contributed by atoms with Gasteiger partial charge in [-0.05, 0) is 30.2 Å². The van der Waals surface area contributed by atoms with Crippen LogP contribution in [0, 0.1) is 5.92 Å². The fraction of sp³-hybridized carbons (Fsp3) is 0.389. The fourth-order valence-electron chi connectivity index (χ4n) is 3.26. The number of carbonyl (C=O) groups is 1. The van der Waals surface area contributed by atoms with Crippen molar-refractivity contribution in [3.63, 3.8) is 0 Å². The van der Waals surface area contributed by atoms with E-state index in [1.807, 2.05) is 30.3 Å². The van der Waals surface area contributed by atoms with Gasteiger partial charge in [0.2, 0.25) is 5.09 Å². The second kappa shape index (κ2) is 7.22. The summed E-state index contributed by atoms with van der Waals surface area (Å²) >= 11 is 0. The number of rotatable bonds is 5. The third-order valence-corrected chi connectivity index (χ3v) is 6.48. The molecule has 0 bridgehead atoms. The molecular weight excluding hydrogens is 354 g/mol. The normalized spacial score (nSPS) is 20.7. The van der Waals surface area contributed by atoms with Gasteiger partial charge >= 0.3 is 0 Å². The molecule has 8 heteroatoms. The average molecular weight is 377 g/mol. The molecule has 0 radical (unpaired) electrons. The minimum absolute atomic E-state index is 0.0231. The fourth-order valence-corrected chi connectivity index (χ4v) is 4.06.